The number of hydrogen-bond acceptors (Lipinski definition) is 2. The van der Waals surface area contributed by atoms with Crippen LogP contribution in [0, 0.1) is 5.92 Å². The van der Waals surface area contributed by atoms with E-state index in [1.54, 1.807) is 0 Å². The lowest BCUT2D eigenvalue weighted by molar-refractivity contribution is -0.143. The maximum atomic E-state index is 12.0. The summed E-state index contributed by atoms with van der Waals surface area (Å²) in [7, 11) is 0. The minimum absolute atomic E-state index is 0.0277. The minimum Gasteiger partial charge on any atom is -0.466 e. The zero-order valence-corrected chi connectivity index (χ0v) is 35.7. The molecule has 0 bridgehead atoms. The van der Waals surface area contributed by atoms with Gasteiger partial charge in [0.05, 0.1) is 6.61 Å². The molecule has 2 heteroatoms. The van der Waals surface area contributed by atoms with Gasteiger partial charge in [-0.3, -0.25) is 4.79 Å². The number of hydrogen-bond donors (Lipinski definition) is 0. The van der Waals surface area contributed by atoms with Gasteiger partial charge in [0.2, 0.25) is 0 Å². The van der Waals surface area contributed by atoms with E-state index in [0.29, 0.717) is 13.0 Å². The fourth-order valence-corrected chi connectivity index (χ4v) is 7.46. The van der Waals surface area contributed by atoms with E-state index in [9.17, 15) is 4.79 Å². The van der Waals surface area contributed by atoms with Gasteiger partial charge in [0.15, 0.2) is 0 Å². The van der Waals surface area contributed by atoms with Gasteiger partial charge in [-0.15, -0.1) is 0 Å². The number of ether oxygens (including phenoxy) is 1. The largest absolute Gasteiger partial charge is 0.466 e. The van der Waals surface area contributed by atoms with Gasteiger partial charge in [0.25, 0.3) is 0 Å². The van der Waals surface area contributed by atoms with Gasteiger partial charge in [-0.2, -0.15) is 0 Å². The molecule has 2 nitrogen and oxygen atoms in total. The van der Waals surface area contributed by atoms with Crippen LogP contribution < -0.4 is 0 Å². The lowest BCUT2D eigenvalue weighted by atomic mass is 9.99. The Morgan fingerprint density at radius 2 is 0.725 bits per heavy atom. The van der Waals surface area contributed by atoms with Gasteiger partial charge in [0, 0.05) is 6.42 Å². The van der Waals surface area contributed by atoms with Crippen LogP contribution in [0.3, 0.4) is 0 Å². The van der Waals surface area contributed by atoms with Gasteiger partial charge < -0.3 is 4.74 Å². The Bertz CT molecular complexity index is 669. The summed E-state index contributed by atoms with van der Waals surface area (Å²) in [5.41, 5.74) is 0. The van der Waals surface area contributed by atoms with Crippen LogP contribution >= 0.6 is 0 Å². The second-order valence-electron chi connectivity index (χ2n) is 16.7. The predicted molar refractivity (Wildman–Crippen MR) is 230 cm³/mol. The zero-order chi connectivity index (χ0) is 37.0. The zero-order valence-electron chi connectivity index (χ0n) is 35.7. The minimum atomic E-state index is 0.0277. The van der Waals surface area contributed by atoms with Crippen LogP contribution in [0.1, 0.15) is 284 Å². The SMILES string of the molecule is CCCCCCCCC=CCCCCCCCCCCCC(=O)OCCCCCCCCCCCCCCCCCCCCCCCC(C)CC. The molecule has 0 amide bonds. The second-order valence-corrected chi connectivity index (χ2v) is 16.7. The molecule has 0 aromatic heterocycles. The Kier molecular flexibility index (Phi) is 44.7. The maximum absolute atomic E-state index is 12.0. The summed E-state index contributed by atoms with van der Waals surface area (Å²) in [5.74, 6) is 0.962. The molecule has 0 aromatic rings. The van der Waals surface area contributed by atoms with Crippen molar-refractivity contribution in [3.05, 3.63) is 12.2 Å². The fraction of sp³-hybridized carbons (Fsp3) is 0.939. The third-order valence-corrected chi connectivity index (χ3v) is 11.4. The summed E-state index contributed by atoms with van der Waals surface area (Å²) >= 11 is 0. The Labute approximate surface area is 323 Å². The summed E-state index contributed by atoms with van der Waals surface area (Å²) in [6.45, 7) is 7.64. The average molecular weight is 717 g/mol. The van der Waals surface area contributed by atoms with Crippen molar-refractivity contribution >= 4 is 5.97 Å². The molecular weight excluding hydrogens is 621 g/mol. The van der Waals surface area contributed by atoms with Crippen LogP contribution in [0.15, 0.2) is 12.2 Å². The molecule has 0 fully saturated rings. The molecule has 0 rings (SSSR count). The van der Waals surface area contributed by atoms with E-state index in [4.69, 9.17) is 4.74 Å². The van der Waals surface area contributed by atoms with Crippen molar-refractivity contribution in [3.8, 4) is 0 Å². The number of rotatable bonds is 44. The van der Waals surface area contributed by atoms with E-state index in [1.807, 2.05) is 0 Å². The van der Waals surface area contributed by atoms with Crippen LogP contribution in [-0.2, 0) is 9.53 Å². The summed E-state index contributed by atoms with van der Waals surface area (Å²) in [6.07, 6.45) is 60.4. The van der Waals surface area contributed by atoms with Gasteiger partial charge in [-0.25, -0.2) is 0 Å². The lowest BCUT2D eigenvalue weighted by Crippen LogP contribution is -2.05. The van der Waals surface area contributed by atoms with E-state index < -0.39 is 0 Å². The quantitative estimate of drug-likeness (QED) is 0.0356. The molecule has 0 aliphatic rings. The first-order chi connectivity index (χ1) is 25.2. The fourth-order valence-electron chi connectivity index (χ4n) is 7.46. The van der Waals surface area contributed by atoms with Crippen molar-refractivity contribution in [1.29, 1.82) is 0 Å². The lowest BCUT2D eigenvalue weighted by Gasteiger charge is -2.07. The topological polar surface area (TPSA) is 26.3 Å². The Morgan fingerprint density at radius 3 is 1.10 bits per heavy atom. The van der Waals surface area contributed by atoms with Gasteiger partial charge in [-0.05, 0) is 44.4 Å². The second kappa shape index (κ2) is 45.4. The van der Waals surface area contributed by atoms with E-state index in [1.165, 1.54) is 244 Å². The average Bonchev–Trinajstić information content (AvgIpc) is 3.14. The highest BCUT2D eigenvalue weighted by Crippen LogP contribution is 2.17. The standard InChI is InChI=1S/C49H96O2/c1-4-6-7-8-9-10-11-12-13-14-18-22-25-28-31-34-37-40-43-46-49(50)51-47-44-41-38-35-32-29-26-23-20-17-15-16-19-21-24-27-30-33-36-39-42-45-48(3)5-2/h12-13,48H,4-11,14-47H2,1-3H3. The highest BCUT2D eigenvalue weighted by atomic mass is 16.5. The number of allylic oxidation sites excluding steroid dienone is 2. The number of esters is 1. The van der Waals surface area contributed by atoms with E-state index in [2.05, 4.69) is 32.9 Å². The highest BCUT2D eigenvalue weighted by molar-refractivity contribution is 5.69. The Balaban J connectivity index is 3.17. The third-order valence-electron chi connectivity index (χ3n) is 11.4. The van der Waals surface area contributed by atoms with Gasteiger partial charge in [0.1, 0.15) is 0 Å². The van der Waals surface area contributed by atoms with Crippen LogP contribution in [0.2, 0.25) is 0 Å². The maximum Gasteiger partial charge on any atom is 0.305 e. The van der Waals surface area contributed by atoms with Crippen LogP contribution in [0.5, 0.6) is 0 Å². The first-order valence-electron chi connectivity index (χ1n) is 24.0. The van der Waals surface area contributed by atoms with Crippen LogP contribution in [0.25, 0.3) is 0 Å². The molecule has 0 saturated heterocycles. The molecule has 0 spiro atoms. The summed E-state index contributed by atoms with van der Waals surface area (Å²) < 4.78 is 5.49. The predicted octanol–water partition coefficient (Wildman–Crippen LogP) is 17.8. The first kappa shape index (κ1) is 50.2. The molecule has 0 aliphatic carbocycles. The van der Waals surface area contributed by atoms with Crippen molar-refractivity contribution in [2.24, 2.45) is 5.92 Å². The molecule has 1 unspecified atom stereocenters. The first-order valence-corrected chi connectivity index (χ1v) is 24.0. The van der Waals surface area contributed by atoms with Crippen molar-refractivity contribution < 1.29 is 9.53 Å². The molecular formula is C49H96O2. The summed E-state index contributed by atoms with van der Waals surface area (Å²) in [4.78, 5) is 12.0. The molecule has 0 N–H and O–H groups in total. The van der Waals surface area contributed by atoms with Crippen molar-refractivity contribution in [1.82, 2.24) is 0 Å². The summed E-state index contributed by atoms with van der Waals surface area (Å²) in [6, 6.07) is 0. The van der Waals surface area contributed by atoms with E-state index in [0.717, 1.165) is 18.8 Å². The van der Waals surface area contributed by atoms with Crippen LogP contribution in [0.4, 0.5) is 0 Å². The normalized spacial score (nSPS) is 12.3. The third kappa shape index (κ3) is 45.3. The van der Waals surface area contributed by atoms with E-state index >= 15 is 0 Å². The van der Waals surface area contributed by atoms with Crippen LogP contribution in [-0.4, -0.2) is 12.6 Å². The molecule has 0 aliphatic heterocycles. The molecule has 0 saturated carbocycles. The van der Waals surface area contributed by atoms with Crippen molar-refractivity contribution in [2.45, 2.75) is 284 Å². The highest BCUT2D eigenvalue weighted by Gasteiger charge is 2.03. The van der Waals surface area contributed by atoms with E-state index in [-0.39, 0.29) is 5.97 Å². The monoisotopic (exact) mass is 717 g/mol. The van der Waals surface area contributed by atoms with Crippen molar-refractivity contribution in [2.75, 3.05) is 6.61 Å². The van der Waals surface area contributed by atoms with Gasteiger partial charge >= 0.3 is 5.97 Å². The Morgan fingerprint density at radius 1 is 0.412 bits per heavy atom. The molecule has 0 radical (unpaired) electrons. The number of carbonyl (C=O) groups is 1. The smallest absolute Gasteiger partial charge is 0.305 e. The van der Waals surface area contributed by atoms with Crippen molar-refractivity contribution in [3.63, 3.8) is 0 Å². The Hall–Kier alpha value is -0.790. The number of unbranched alkanes of at least 4 members (excludes halogenated alkanes) is 35. The summed E-state index contributed by atoms with van der Waals surface area (Å²) in [5, 5.41) is 0. The molecule has 304 valence electrons. The molecule has 0 aromatic carbocycles. The molecule has 1 atom stereocenters. The number of carbonyl (C=O) groups excluding carboxylic acids is 1. The van der Waals surface area contributed by atoms with Gasteiger partial charge in [-0.1, -0.05) is 251 Å². The molecule has 51 heavy (non-hydrogen) atoms. The molecule has 0 heterocycles.